The number of aliphatic hydroxyl groups is 1. The van der Waals surface area contributed by atoms with Crippen molar-refractivity contribution in [1.82, 2.24) is 0 Å². The zero-order valence-electron chi connectivity index (χ0n) is 13.8. The van der Waals surface area contributed by atoms with E-state index in [0.29, 0.717) is 6.42 Å². The van der Waals surface area contributed by atoms with E-state index in [4.69, 9.17) is 0 Å². The molecule has 1 aromatic carbocycles. The standard InChI is InChI=1S/C20H26O/c1-7-13-20(21,18-11-9-8-10-12-18)19(6)16(4)14(2)15(3)17(19)5/h7-12,21H,1,13H2,2-6H3. The summed E-state index contributed by atoms with van der Waals surface area (Å²) in [5, 5.41) is 11.7. The molecule has 112 valence electrons. The molecule has 0 saturated carbocycles. The van der Waals surface area contributed by atoms with Gasteiger partial charge in [0.2, 0.25) is 0 Å². The van der Waals surface area contributed by atoms with Crippen molar-refractivity contribution in [3.8, 4) is 0 Å². The molecule has 1 nitrogen and oxygen atoms in total. The zero-order chi connectivity index (χ0) is 15.8. The van der Waals surface area contributed by atoms with Crippen LogP contribution in [0.15, 0.2) is 65.3 Å². The molecule has 1 unspecified atom stereocenters. The van der Waals surface area contributed by atoms with Gasteiger partial charge in [-0.3, -0.25) is 0 Å². The maximum absolute atomic E-state index is 11.7. The van der Waals surface area contributed by atoms with E-state index in [-0.39, 0.29) is 0 Å². The van der Waals surface area contributed by atoms with E-state index in [9.17, 15) is 5.11 Å². The van der Waals surface area contributed by atoms with E-state index < -0.39 is 11.0 Å². The van der Waals surface area contributed by atoms with Crippen LogP contribution in [0.4, 0.5) is 0 Å². The molecule has 0 saturated heterocycles. The quantitative estimate of drug-likeness (QED) is 0.758. The van der Waals surface area contributed by atoms with Gasteiger partial charge in [0.1, 0.15) is 5.60 Å². The lowest BCUT2D eigenvalue weighted by Gasteiger charge is -2.45. The monoisotopic (exact) mass is 282 g/mol. The Morgan fingerprint density at radius 2 is 1.52 bits per heavy atom. The van der Waals surface area contributed by atoms with Gasteiger partial charge in [0, 0.05) is 5.41 Å². The first-order valence-corrected chi connectivity index (χ1v) is 7.55. The third-order valence-corrected chi connectivity index (χ3v) is 5.71. The first-order chi connectivity index (χ1) is 9.80. The summed E-state index contributed by atoms with van der Waals surface area (Å²) in [6, 6.07) is 9.98. The first-order valence-electron chi connectivity index (χ1n) is 7.55. The van der Waals surface area contributed by atoms with Gasteiger partial charge >= 0.3 is 0 Å². The molecule has 1 heteroatoms. The zero-order valence-corrected chi connectivity index (χ0v) is 13.8. The van der Waals surface area contributed by atoms with Crippen molar-refractivity contribution in [2.75, 3.05) is 0 Å². The maximum atomic E-state index is 11.7. The first kappa shape index (κ1) is 15.8. The molecule has 0 aliphatic heterocycles. The number of hydrogen-bond donors (Lipinski definition) is 1. The fourth-order valence-corrected chi connectivity index (χ4v) is 3.75. The number of benzene rings is 1. The molecule has 1 N–H and O–H groups in total. The predicted octanol–water partition coefficient (Wildman–Crippen LogP) is 5.14. The summed E-state index contributed by atoms with van der Waals surface area (Å²) in [6.07, 6.45) is 2.35. The minimum absolute atomic E-state index is 0.392. The number of hydrogen-bond acceptors (Lipinski definition) is 1. The molecular formula is C20H26O. The molecule has 0 amide bonds. The highest BCUT2D eigenvalue weighted by Crippen LogP contribution is 2.57. The molecule has 0 spiro atoms. The summed E-state index contributed by atoms with van der Waals surface area (Å²) in [7, 11) is 0. The largest absolute Gasteiger partial charge is 0.384 e. The van der Waals surface area contributed by atoms with Crippen LogP contribution in [0, 0.1) is 5.41 Å². The van der Waals surface area contributed by atoms with E-state index in [2.05, 4.69) is 41.2 Å². The van der Waals surface area contributed by atoms with Crippen LogP contribution in [0.2, 0.25) is 0 Å². The van der Waals surface area contributed by atoms with Crippen molar-refractivity contribution >= 4 is 0 Å². The summed E-state index contributed by atoms with van der Waals surface area (Å²) in [4.78, 5) is 0. The van der Waals surface area contributed by atoms with Crippen LogP contribution in [0.5, 0.6) is 0 Å². The molecule has 1 aromatic rings. The summed E-state index contributed by atoms with van der Waals surface area (Å²) >= 11 is 0. The van der Waals surface area contributed by atoms with E-state index >= 15 is 0 Å². The SMILES string of the molecule is C=CCC(O)(c1ccccc1)C1(C)C(C)=C(C)C(C)=C1C. The van der Waals surface area contributed by atoms with Crippen molar-refractivity contribution < 1.29 is 5.11 Å². The van der Waals surface area contributed by atoms with Gasteiger partial charge in [0.15, 0.2) is 0 Å². The number of allylic oxidation sites excluding steroid dienone is 2. The Labute approximate surface area is 128 Å². The van der Waals surface area contributed by atoms with Crippen molar-refractivity contribution in [2.45, 2.75) is 46.6 Å². The third-order valence-electron chi connectivity index (χ3n) is 5.71. The van der Waals surface area contributed by atoms with E-state index in [1.54, 1.807) is 0 Å². The van der Waals surface area contributed by atoms with Crippen molar-refractivity contribution in [3.63, 3.8) is 0 Å². The Kier molecular flexibility index (Phi) is 3.99. The molecule has 2 rings (SSSR count). The topological polar surface area (TPSA) is 20.2 Å². The highest BCUT2D eigenvalue weighted by Gasteiger charge is 2.52. The second-order valence-electron chi connectivity index (χ2n) is 6.34. The maximum Gasteiger partial charge on any atom is 0.106 e. The van der Waals surface area contributed by atoms with Gasteiger partial charge in [-0.15, -0.1) is 6.58 Å². The summed E-state index contributed by atoms with van der Waals surface area (Å²) < 4.78 is 0. The van der Waals surface area contributed by atoms with Gasteiger partial charge in [0.05, 0.1) is 0 Å². The second-order valence-corrected chi connectivity index (χ2v) is 6.34. The number of rotatable bonds is 4. The van der Waals surface area contributed by atoms with Gasteiger partial charge in [-0.05, 0) is 57.7 Å². The molecule has 1 aliphatic carbocycles. The van der Waals surface area contributed by atoms with Crippen molar-refractivity contribution in [1.29, 1.82) is 0 Å². The van der Waals surface area contributed by atoms with Crippen molar-refractivity contribution in [3.05, 3.63) is 70.8 Å². The van der Waals surface area contributed by atoms with Crippen molar-refractivity contribution in [2.24, 2.45) is 5.41 Å². The highest BCUT2D eigenvalue weighted by molar-refractivity contribution is 5.54. The molecule has 1 aliphatic rings. The fraction of sp³-hybridized carbons (Fsp3) is 0.400. The summed E-state index contributed by atoms with van der Waals surface area (Å²) in [5.74, 6) is 0. The Hall–Kier alpha value is -1.60. The Morgan fingerprint density at radius 3 is 1.95 bits per heavy atom. The minimum atomic E-state index is -0.969. The second kappa shape index (κ2) is 5.31. The van der Waals surface area contributed by atoms with Crippen LogP contribution < -0.4 is 0 Å². The Balaban J connectivity index is 2.72. The van der Waals surface area contributed by atoms with Gasteiger partial charge in [-0.2, -0.15) is 0 Å². The van der Waals surface area contributed by atoms with Gasteiger partial charge in [-0.25, -0.2) is 0 Å². The van der Waals surface area contributed by atoms with Crippen LogP contribution in [0.25, 0.3) is 0 Å². The Morgan fingerprint density at radius 1 is 1.05 bits per heavy atom. The normalized spacial score (nSPS) is 20.7. The molecule has 0 aromatic heterocycles. The molecule has 0 fully saturated rings. The van der Waals surface area contributed by atoms with E-state index in [0.717, 1.165) is 5.56 Å². The minimum Gasteiger partial charge on any atom is -0.384 e. The lowest BCUT2D eigenvalue weighted by molar-refractivity contribution is -0.0415. The average molecular weight is 282 g/mol. The van der Waals surface area contributed by atoms with Gasteiger partial charge < -0.3 is 5.11 Å². The Bertz CT molecular complexity index is 594. The molecule has 1 atom stereocenters. The summed E-state index contributed by atoms with van der Waals surface area (Å²) in [6.45, 7) is 14.6. The highest BCUT2D eigenvalue weighted by atomic mass is 16.3. The molecule has 0 radical (unpaired) electrons. The van der Waals surface area contributed by atoms with Crippen LogP contribution in [-0.2, 0) is 5.60 Å². The van der Waals surface area contributed by atoms with Crippen LogP contribution >= 0.6 is 0 Å². The molecule has 0 bridgehead atoms. The van der Waals surface area contributed by atoms with E-state index in [1.807, 2.05) is 36.4 Å². The van der Waals surface area contributed by atoms with Crippen LogP contribution in [0.1, 0.15) is 46.6 Å². The van der Waals surface area contributed by atoms with Crippen LogP contribution in [-0.4, -0.2) is 5.11 Å². The fourth-order valence-electron chi connectivity index (χ4n) is 3.75. The van der Waals surface area contributed by atoms with E-state index in [1.165, 1.54) is 22.3 Å². The molecule has 0 heterocycles. The predicted molar refractivity (Wildman–Crippen MR) is 90.0 cm³/mol. The smallest absolute Gasteiger partial charge is 0.106 e. The lowest BCUT2D eigenvalue weighted by atomic mass is 9.62. The third kappa shape index (κ3) is 2.03. The van der Waals surface area contributed by atoms with Gasteiger partial charge in [-0.1, -0.05) is 47.6 Å². The molecule has 21 heavy (non-hydrogen) atoms. The molecular weight excluding hydrogens is 256 g/mol. The summed E-state index contributed by atoms with van der Waals surface area (Å²) in [5.41, 5.74) is 4.70. The average Bonchev–Trinajstić information content (AvgIpc) is 2.65. The van der Waals surface area contributed by atoms with Gasteiger partial charge in [0.25, 0.3) is 0 Å². The lowest BCUT2D eigenvalue weighted by Crippen LogP contribution is -2.44. The van der Waals surface area contributed by atoms with Crippen LogP contribution in [0.3, 0.4) is 0 Å².